The van der Waals surface area contributed by atoms with Crippen LogP contribution in [0.3, 0.4) is 0 Å². The summed E-state index contributed by atoms with van der Waals surface area (Å²) in [6.45, 7) is 0.955. The minimum Gasteiger partial charge on any atom is -0.497 e. The van der Waals surface area contributed by atoms with Gasteiger partial charge in [-0.05, 0) is 88.2 Å². The van der Waals surface area contributed by atoms with Crippen LogP contribution in [0.15, 0.2) is 54.6 Å². The molecule has 0 saturated heterocycles. The second-order valence-electron chi connectivity index (χ2n) is 9.10. The van der Waals surface area contributed by atoms with Gasteiger partial charge < -0.3 is 14.7 Å². The molecule has 2 aromatic rings. The van der Waals surface area contributed by atoms with Gasteiger partial charge in [-0.1, -0.05) is 42.5 Å². The molecule has 1 aliphatic rings. The van der Waals surface area contributed by atoms with E-state index < -0.39 is 5.60 Å². The van der Waals surface area contributed by atoms with Crippen molar-refractivity contribution in [3.8, 4) is 5.75 Å². The van der Waals surface area contributed by atoms with Crippen molar-refractivity contribution in [1.82, 2.24) is 4.90 Å². The van der Waals surface area contributed by atoms with Crippen molar-refractivity contribution in [1.29, 1.82) is 0 Å². The molecule has 1 saturated carbocycles. The average Bonchev–Trinajstić information content (AvgIpc) is 2.71. The summed E-state index contributed by atoms with van der Waals surface area (Å²) in [5.41, 5.74) is 2.17. The molecule has 1 aliphatic carbocycles. The molecule has 3 unspecified atom stereocenters. The second-order valence-corrected chi connectivity index (χ2v) is 9.10. The predicted octanol–water partition coefficient (Wildman–Crippen LogP) is 4.97. The highest BCUT2D eigenvalue weighted by molar-refractivity contribution is 5.28. The molecule has 0 heterocycles. The summed E-state index contributed by atoms with van der Waals surface area (Å²) in [6.07, 6.45) is 7.17. The monoisotopic (exact) mass is 395 g/mol. The van der Waals surface area contributed by atoms with Crippen LogP contribution in [0.5, 0.6) is 5.75 Å². The van der Waals surface area contributed by atoms with E-state index in [2.05, 4.69) is 67.5 Å². The predicted molar refractivity (Wildman–Crippen MR) is 120 cm³/mol. The van der Waals surface area contributed by atoms with Crippen LogP contribution >= 0.6 is 0 Å². The van der Waals surface area contributed by atoms with E-state index in [0.29, 0.717) is 11.8 Å². The van der Waals surface area contributed by atoms with Gasteiger partial charge in [0.15, 0.2) is 0 Å². The first-order chi connectivity index (χ1) is 14.0. The number of aliphatic hydroxyl groups is 1. The lowest BCUT2D eigenvalue weighted by Gasteiger charge is -2.44. The Morgan fingerprint density at radius 1 is 1.07 bits per heavy atom. The number of nitrogens with zero attached hydrogens (tertiary/aromatic N) is 1. The minimum atomic E-state index is -0.538. The lowest BCUT2D eigenvalue weighted by Crippen LogP contribution is -2.47. The Bertz CT molecular complexity index is 745. The molecule has 0 aromatic heterocycles. The van der Waals surface area contributed by atoms with Gasteiger partial charge in [0.25, 0.3) is 0 Å². The van der Waals surface area contributed by atoms with Crippen LogP contribution in [0.1, 0.15) is 43.2 Å². The fourth-order valence-electron chi connectivity index (χ4n) is 4.97. The fourth-order valence-corrected chi connectivity index (χ4v) is 4.97. The Balaban J connectivity index is 1.61. The third-order valence-corrected chi connectivity index (χ3v) is 6.53. The van der Waals surface area contributed by atoms with Crippen LogP contribution < -0.4 is 4.74 Å². The SMILES string of the molecule is COc1cccc(CC2CCC(O)(CCCc3ccccc3)C(CN(C)C)C2)c1. The molecule has 3 rings (SSSR count). The number of ether oxygens (including phenoxy) is 1. The second kappa shape index (κ2) is 10.3. The topological polar surface area (TPSA) is 32.7 Å². The van der Waals surface area contributed by atoms with Gasteiger partial charge in [0.2, 0.25) is 0 Å². The molecular formula is C26H37NO2. The van der Waals surface area contributed by atoms with E-state index >= 15 is 0 Å². The minimum absolute atomic E-state index is 0.331. The standard InChI is InChI=1S/C26H37NO2/c1-27(2)20-24-18-23(17-22-11-7-13-25(19-22)29-3)14-16-26(24,28)15-8-12-21-9-5-4-6-10-21/h4-7,9-11,13,19,23-24,28H,8,12,14-18,20H2,1-3H3. The normalized spacial score (nSPS) is 24.6. The molecule has 0 spiro atoms. The van der Waals surface area contributed by atoms with Crippen LogP contribution in [-0.2, 0) is 12.8 Å². The van der Waals surface area contributed by atoms with E-state index in [0.717, 1.165) is 57.2 Å². The fraction of sp³-hybridized carbons (Fsp3) is 0.538. The Morgan fingerprint density at radius 2 is 1.83 bits per heavy atom. The zero-order chi connectivity index (χ0) is 20.7. The van der Waals surface area contributed by atoms with Crippen LogP contribution in [0.2, 0.25) is 0 Å². The molecule has 1 fully saturated rings. The molecule has 3 atom stereocenters. The maximum absolute atomic E-state index is 11.6. The van der Waals surface area contributed by atoms with E-state index in [1.54, 1.807) is 7.11 Å². The highest BCUT2D eigenvalue weighted by Crippen LogP contribution is 2.41. The van der Waals surface area contributed by atoms with Gasteiger partial charge >= 0.3 is 0 Å². The number of hydrogen-bond donors (Lipinski definition) is 1. The summed E-state index contributed by atoms with van der Waals surface area (Å²) in [4.78, 5) is 2.24. The summed E-state index contributed by atoms with van der Waals surface area (Å²) in [5, 5.41) is 11.6. The van der Waals surface area contributed by atoms with Gasteiger partial charge in [-0.2, -0.15) is 0 Å². The Labute approximate surface area is 176 Å². The van der Waals surface area contributed by atoms with E-state index in [9.17, 15) is 5.11 Å². The number of rotatable bonds is 9. The Kier molecular flexibility index (Phi) is 7.74. The van der Waals surface area contributed by atoms with Crippen LogP contribution in [0.4, 0.5) is 0 Å². The highest BCUT2D eigenvalue weighted by Gasteiger charge is 2.41. The summed E-state index contributed by atoms with van der Waals surface area (Å²) in [7, 11) is 5.97. The van der Waals surface area contributed by atoms with Gasteiger partial charge in [0, 0.05) is 12.5 Å². The van der Waals surface area contributed by atoms with Crippen molar-refractivity contribution in [3.05, 3.63) is 65.7 Å². The van der Waals surface area contributed by atoms with Crippen LogP contribution in [-0.4, -0.2) is 43.4 Å². The number of benzene rings is 2. The smallest absolute Gasteiger partial charge is 0.119 e. The van der Waals surface area contributed by atoms with Crippen LogP contribution in [0, 0.1) is 11.8 Å². The van der Waals surface area contributed by atoms with E-state index in [1.807, 2.05) is 6.07 Å². The molecule has 2 aromatic carbocycles. The highest BCUT2D eigenvalue weighted by atomic mass is 16.5. The summed E-state index contributed by atoms with van der Waals surface area (Å²) in [6, 6.07) is 19.1. The number of hydrogen-bond acceptors (Lipinski definition) is 3. The molecule has 158 valence electrons. The Morgan fingerprint density at radius 3 is 2.55 bits per heavy atom. The van der Waals surface area contributed by atoms with Gasteiger partial charge in [0.1, 0.15) is 5.75 Å². The lowest BCUT2D eigenvalue weighted by molar-refractivity contribution is -0.0759. The summed E-state index contributed by atoms with van der Waals surface area (Å²) >= 11 is 0. The molecule has 0 radical (unpaired) electrons. The molecule has 3 heteroatoms. The first-order valence-electron chi connectivity index (χ1n) is 11.0. The largest absolute Gasteiger partial charge is 0.497 e. The molecule has 0 aliphatic heterocycles. The van der Waals surface area contributed by atoms with Crippen molar-refractivity contribution in [2.75, 3.05) is 27.7 Å². The van der Waals surface area contributed by atoms with Crippen molar-refractivity contribution in [2.45, 2.75) is 50.5 Å². The third-order valence-electron chi connectivity index (χ3n) is 6.53. The first-order valence-corrected chi connectivity index (χ1v) is 11.0. The maximum atomic E-state index is 11.6. The van der Waals surface area contributed by atoms with Crippen molar-refractivity contribution >= 4 is 0 Å². The zero-order valence-corrected chi connectivity index (χ0v) is 18.3. The Hall–Kier alpha value is -1.84. The lowest BCUT2D eigenvalue weighted by atomic mass is 9.67. The van der Waals surface area contributed by atoms with Gasteiger partial charge in [-0.15, -0.1) is 0 Å². The van der Waals surface area contributed by atoms with E-state index in [-0.39, 0.29) is 0 Å². The quantitative estimate of drug-likeness (QED) is 0.651. The van der Waals surface area contributed by atoms with Crippen molar-refractivity contribution < 1.29 is 9.84 Å². The summed E-state index contributed by atoms with van der Waals surface area (Å²) in [5.74, 6) is 1.89. The van der Waals surface area contributed by atoms with Crippen molar-refractivity contribution in [2.24, 2.45) is 11.8 Å². The van der Waals surface area contributed by atoms with Gasteiger partial charge in [-0.25, -0.2) is 0 Å². The third kappa shape index (κ3) is 6.32. The molecule has 0 amide bonds. The summed E-state index contributed by atoms with van der Waals surface area (Å²) < 4.78 is 5.38. The zero-order valence-electron chi connectivity index (χ0n) is 18.3. The first kappa shape index (κ1) is 21.9. The molecule has 3 nitrogen and oxygen atoms in total. The number of methoxy groups -OCH3 is 1. The van der Waals surface area contributed by atoms with Gasteiger partial charge in [0.05, 0.1) is 12.7 Å². The van der Waals surface area contributed by atoms with E-state index in [4.69, 9.17) is 4.74 Å². The molecule has 0 bridgehead atoms. The van der Waals surface area contributed by atoms with Gasteiger partial charge in [-0.3, -0.25) is 0 Å². The molecular weight excluding hydrogens is 358 g/mol. The van der Waals surface area contributed by atoms with Crippen LogP contribution in [0.25, 0.3) is 0 Å². The molecule has 1 N–H and O–H groups in total. The molecule has 29 heavy (non-hydrogen) atoms. The van der Waals surface area contributed by atoms with Crippen molar-refractivity contribution in [3.63, 3.8) is 0 Å². The number of aryl methyl sites for hydroxylation is 1. The average molecular weight is 396 g/mol. The van der Waals surface area contributed by atoms with E-state index in [1.165, 1.54) is 11.1 Å². The maximum Gasteiger partial charge on any atom is 0.119 e.